The van der Waals surface area contributed by atoms with Gasteiger partial charge in [-0.05, 0) is 24.3 Å². The van der Waals surface area contributed by atoms with Crippen LogP contribution in [0.4, 0.5) is 5.82 Å². The maximum atomic E-state index is 6.10. The van der Waals surface area contributed by atoms with Crippen LogP contribution in [-0.2, 0) is 12.8 Å². The van der Waals surface area contributed by atoms with Gasteiger partial charge in [-0.1, -0.05) is 31.0 Å². The lowest BCUT2D eigenvalue weighted by Crippen LogP contribution is -2.09. The van der Waals surface area contributed by atoms with Crippen LogP contribution in [0.2, 0.25) is 5.15 Å². The molecule has 0 aliphatic carbocycles. The third-order valence-electron chi connectivity index (χ3n) is 2.64. The number of thiophene rings is 1. The highest BCUT2D eigenvalue weighted by molar-refractivity contribution is 7.09. The quantitative estimate of drug-likeness (QED) is 0.819. The van der Waals surface area contributed by atoms with Gasteiger partial charge in [0.05, 0.1) is 0 Å². The standard InChI is InChI=1S/C13H16ClN3S/c1-2-4-11-12(14)16-9-17-13(11)15-7-6-10-5-3-8-18-10/h3,5,8-9H,2,4,6-7H2,1H3,(H,15,16,17). The highest BCUT2D eigenvalue weighted by Crippen LogP contribution is 2.21. The molecule has 18 heavy (non-hydrogen) atoms. The Morgan fingerprint density at radius 3 is 2.94 bits per heavy atom. The Morgan fingerprint density at radius 1 is 1.33 bits per heavy atom. The summed E-state index contributed by atoms with van der Waals surface area (Å²) in [5.41, 5.74) is 1.02. The van der Waals surface area contributed by atoms with Crippen molar-refractivity contribution in [1.82, 2.24) is 9.97 Å². The van der Waals surface area contributed by atoms with E-state index in [1.165, 1.54) is 11.2 Å². The van der Waals surface area contributed by atoms with E-state index in [1.807, 2.05) is 0 Å². The van der Waals surface area contributed by atoms with Crippen molar-refractivity contribution in [2.45, 2.75) is 26.2 Å². The lowest BCUT2D eigenvalue weighted by molar-refractivity contribution is 0.894. The van der Waals surface area contributed by atoms with E-state index in [-0.39, 0.29) is 0 Å². The van der Waals surface area contributed by atoms with Gasteiger partial charge in [-0.3, -0.25) is 0 Å². The Kier molecular flexibility index (Phi) is 4.96. The van der Waals surface area contributed by atoms with Gasteiger partial charge in [0.2, 0.25) is 0 Å². The van der Waals surface area contributed by atoms with Crippen LogP contribution in [0.5, 0.6) is 0 Å². The monoisotopic (exact) mass is 281 g/mol. The summed E-state index contributed by atoms with van der Waals surface area (Å²) in [4.78, 5) is 9.68. The molecule has 5 heteroatoms. The average molecular weight is 282 g/mol. The third-order valence-corrected chi connectivity index (χ3v) is 3.90. The van der Waals surface area contributed by atoms with Gasteiger partial charge in [0.25, 0.3) is 0 Å². The molecule has 0 amide bonds. The number of nitrogens with one attached hydrogen (secondary N) is 1. The van der Waals surface area contributed by atoms with Gasteiger partial charge in [0.15, 0.2) is 0 Å². The summed E-state index contributed by atoms with van der Waals surface area (Å²) >= 11 is 7.87. The molecule has 0 spiro atoms. The Bertz CT molecular complexity index is 485. The minimum Gasteiger partial charge on any atom is -0.369 e. The molecule has 0 aromatic carbocycles. The van der Waals surface area contributed by atoms with E-state index in [4.69, 9.17) is 11.6 Å². The minimum atomic E-state index is 0.561. The number of hydrogen-bond donors (Lipinski definition) is 1. The Hall–Kier alpha value is -1.13. The molecule has 96 valence electrons. The maximum absolute atomic E-state index is 6.10. The smallest absolute Gasteiger partial charge is 0.137 e. The maximum Gasteiger partial charge on any atom is 0.137 e. The van der Waals surface area contributed by atoms with E-state index < -0.39 is 0 Å². The minimum absolute atomic E-state index is 0.561. The molecular formula is C13H16ClN3S. The van der Waals surface area contributed by atoms with E-state index in [9.17, 15) is 0 Å². The van der Waals surface area contributed by atoms with Crippen LogP contribution in [0, 0.1) is 0 Å². The molecule has 2 aromatic rings. The first-order valence-electron chi connectivity index (χ1n) is 6.07. The van der Waals surface area contributed by atoms with Gasteiger partial charge < -0.3 is 5.32 Å². The Morgan fingerprint density at radius 2 is 2.22 bits per heavy atom. The predicted octanol–water partition coefficient (Wildman–Crippen LogP) is 3.80. The first-order chi connectivity index (χ1) is 8.81. The number of rotatable bonds is 6. The fourth-order valence-electron chi connectivity index (χ4n) is 1.77. The number of aromatic nitrogens is 2. The topological polar surface area (TPSA) is 37.8 Å². The second-order valence-electron chi connectivity index (χ2n) is 4.00. The highest BCUT2D eigenvalue weighted by Gasteiger charge is 2.08. The molecule has 0 saturated carbocycles. The molecule has 3 nitrogen and oxygen atoms in total. The SMILES string of the molecule is CCCc1c(Cl)ncnc1NCCc1cccs1. The van der Waals surface area contributed by atoms with Gasteiger partial charge in [-0.25, -0.2) is 9.97 Å². The van der Waals surface area contributed by atoms with Crippen molar-refractivity contribution in [1.29, 1.82) is 0 Å². The summed E-state index contributed by atoms with van der Waals surface area (Å²) in [6, 6.07) is 4.22. The number of anilines is 1. The fourth-order valence-corrected chi connectivity index (χ4v) is 2.71. The number of halogens is 1. The van der Waals surface area contributed by atoms with E-state index >= 15 is 0 Å². The average Bonchev–Trinajstić information content (AvgIpc) is 2.86. The zero-order chi connectivity index (χ0) is 12.8. The van der Waals surface area contributed by atoms with Crippen LogP contribution >= 0.6 is 22.9 Å². The van der Waals surface area contributed by atoms with Gasteiger partial charge in [-0.15, -0.1) is 11.3 Å². The lowest BCUT2D eigenvalue weighted by atomic mass is 10.2. The van der Waals surface area contributed by atoms with E-state index in [0.717, 1.165) is 37.2 Å². The Labute approximate surface area is 116 Å². The van der Waals surface area contributed by atoms with Crippen LogP contribution in [0.1, 0.15) is 23.8 Å². The van der Waals surface area contributed by atoms with E-state index in [2.05, 4.69) is 39.7 Å². The van der Waals surface area contributed by atoms with Crippen LogP contribution in [0.25, 0.3) is 0 Å². The normalized spacial score (nSPS) is 10.6. The van der Waals surface area contributed by atoms with Crippen LogP contribution < -0.4 is 5.32 Å². The van der Waals surface area contributed by atoms with Crippen LogP contribution in [0.15, 0.2) is 23.8 Å². The van der Waals surface area contributed by atoms with Crippen molar-refractivity contribution in [3.05, 3.63) is 39.4 Å². The van der Waals surface area contributed by atoms with Crippen LogP contribution in [0.3, 0.4) is 0 Å². The lowest BCUT2D eigenvalue weighted by Gasteiger charge is -2.10. The molecule has 2 heterocycles. The number of nitrogens with zero attached hydrogens (tertiary/aromatic N) is 2. The third kappa shape index (κ3) is 3.43. The van der Waals surface area contributed by atoms with Crippen molar-refractivity contribution < 1.29 is 0 Å². The summed E-state index contributed by atoms with van der Waals surface area (Å²) in [5.74, 6) is 0.869. The van der Waals surface area contributed by atoms with Crippen molar-refractivity contribution in [2.24, 2.45) is 0 Å². The van der Waals surface area contributed by atoms with Gasteiger partial charge >= 0.3 is 0 Å². The summed E-state index contributed by atoms with van der Waals surface area (Å²) in [5, 5.41) is 6.01. The van der Waals surface area contributed by atoms with Crippen molar-refractivity contribution in [3.63, 3.8) is 0 Å². The molecule has 0 saturated heterocycles. The van der Waals surface area contributed by atoms with E-state index in [0.29, 0.717) is 5.15 Å². The molecule has 0 radical (unpaired) electrons. The molecule has 0 aliphatic heterocycles. The van der Waals surface area contributed by atoms with Crippen LogP contribution in [-0.4, -0.2) is 16.5 Å². The largest absolute Gasteiger partial charge is 0.369 e. The summed E-state index contributed by atoms with van der Waals surface area (Å²) in [6.45, 7) is 2.99. The first kappa shape index (κ1) is 13.3. The zero-order valence-electron chi connectivity index (χ0n) is 10.3. The number of hydrogen-bond acceptors (Lipinski definition) is 4. The zero-order valence-corrected chi connectivity index (χ0v) is 11.9. The predicted molar refractivity (Wildman–Crippen MR) is 77.5 cm³/mol. The highest BCUT2D eigenvalue weighted by atomic mass is 35.5. The van der Waals surface area contributed by atoms with E-state index in [1.54, 1.807) is 11.3 Å². The molecule has 2 rings (SSSR count). The molecule has 1 N–H and O–H groups in total. The van der Waals surface area contributed by atoms with Crippen molar-refractivity contribution in [2.75, 3.05) is 11.9 Å². The van der Waals surface area contributed by atoms with Crippen molar-refractivity contribution in [3.8, 4) is 0 Å². The second kappa shape index (κ2) is 6.71. The molecule has 0 atom stereocenters. The molecule has 0 unspecified atom stereocenters. The summed E-state index contributed by atoms with van der Waals surface area (Å²) < 4.78 is 0. The first-order valence-corrected chi connectivity index (χ1v) is 7.32. The summed E-state index contributed by atoms with van der Waals surface area (Å²) in [7, 11) is 0. The molecule has 0 bridgehead atoms. The molecule has 0 aliphatic rings. The molecular weight excluding hydrogens is 266 g/mol. The molecule has 0 fully saturated rings. The summed E-state index contributed by atoms with van der Waals surface area (Å²) in [6.07, 6.45) is 4.45. The molecule has 2 aromatic heterocycles. The van der Waals surface area contributed by atoms with Gasteiger partial charge in [0, 0.05) is 17.0 Å². The van der Waals surface area contributed by atoms with Crippen molar-refractivity contribution >= 4 is 28.8 Å². The van der Waals surface area contributed by atoms with Gasteiger partial charge in [0.1, 0.15) is 17.3 Å². The fraction of sp³-hybridized carbons (Fsp3) is 0.385. The van der Waals surface area contributed by atoms with Gasteiger partial charge in [-0.2, -0.15) is 0 Å². The Balaban J connectivity index is 1.98. The second-order valence-corrected chi connectivity index (χ2v) is 5.39.